The molecule has 0 bridgehead atoms. The molecule has 3 aromatic carbocycles. The second-order valence-electron chi connectivity index (χ2n) is 6.99. The number of benzene rings is 3. The maximum atomic E-state index is 12.8. The van der Waals surface area contributed by atoms with E-state index in [-0.39, 0.29) is 17.6 Å². The van der Waals surface area contributed by atoms with Crippen LogP contribution in [0.5, 0.6) is 5.75 Å². The topological polar surface area (TPSA) is 93.2 Å². The van der Waals surface area contributed by atoms with E-state index in [1.54, 1.807) is 48.5 Å². The summed E-state index contributed by atoms with van der Waals surface area (Å²) in [4.78, 5) is 34.0. The first-order valence-electron chi connectivity index (χ1n) is 10.4. The molecule has 7 nitrogen and oxygen atoms in total. The second-order valence-corrected chi connectivity index (χ2v) is 7.95. The molecular formula is C25H22N4O3S. The number of fused-ring (bicyclic) bond motifs is 1. The Morgan fingerprint density at radius 2 is 1.67 bits per heavy atom. The summed E-state index contributed by atoms with van der Waals surface area (Å²) in [7, 11) is 0. The molecule has 0 aliphatic rings. The maximum absolute atomic E-state index is 12.8. The highest BCUT2D eigenvalue weighted by molar-refractivity contribution is 8.00. The summed E-state index contributed by atoms with van der Waals surface area (Å²) in [6.07, 6.45) is 1.49. The Morgan fingerprint density at radius 3 is 2.48 bits per heavy atom. The normalized spacial score (nSPS) is 10.6. The van der Waals surface area contributed by atoms with Gasteiger partial charge in [-0.1, -0.05) is 42.1 Å². The van der Waals surface area contributed by atoms with Crippen LogP contribution in [-0.2, 0) is 4.79 Å². The zero-order chi connectivity index (χ0) is 23.0. The molecule has 2 amide bonds. The molecule has 0 saturated heterocycles. The Labute approximate surface area is 195 Å². The van der Waals surface area contributed by atoms with Gasteiger partial charge in [0.1, 0.15) is 17.1 Å². The van der Waals surface area contributed by atoms with E-state index in [2.05, 4.69) is 20.6 Å². The third kappa shape index (κ3) is 5.67. The zero-order valence-corrected chi connectivity index (χ0v) is 18.8. The number of hydrogen-bond donors (Lipinski definition) is 2. The standard InChI is InChI=1S/C25H22N4O3S/c1-2-32-18-13-11-17(12-14-18)28-24(31)19-7-3-6-10-22(19)29-23(30)15-33-25-20-8-4-5-9-21(20)26-16-27-25/h3-14,16H,2,15H2,1H3,(H,28,31)(H,29,30). The Balaban J connectivity index is 1.41. The van der Waals surface area contributed by atoms with Crippen LogP contribution in [-0.4, -0.2) is 34.1 Å². The van der Waals surface area contributed by atoms with E-state index >= 15 is 0 Å². The first kappa shape index (κ1) is 22.3. The number of anilines is 2. The van der Waals surface area contributed by atoms with Crippen LogP contribution in [0.4, 0.5) is 11.4 Å². The molecule has 0 aliphatic heterocycles. The molecule has 2 N–H and O–H groups in total. The van der Waals surface area contributed by atoms with E-state index in [4.69, 9.17) is 4.74 Å². The van der Waals surface area contributed by atoms with Crippen molar-refractivity contribution in [1.29, 1.82) is 0 Å². The van der Waals surface area contributed by atoms with Gasteiger partial charge in [0, 0.05) is 11.1 Å². The van der Waals surface area contributed by atoms with Crippen LogP contribution in [0.15, 0.2) is 84.1 Å². The first-order chi connectivity index (χ1) is 16.1. The summed E-state index contributed by atoms with van der Waals surface area (Å²) in [6, 6.07) is 21.7. The third-order valence-electron chi connectivity index (χ3n) is 4.72. The van der Waals surface area contributed by atoms with Crippen LogP contribution in [0.25, 0.3) is 10.9 Å². The fourth-order valence-electron chi connectivity index (χ4n) is 3.21. The molecule has 0 radical (unpaired) electrons. The minimum atomic E-state index is -0.315. The SMILES string of the molecule is CCOc1ccc(NC(=O)c2ccccc2NC(=O)CSc2ncnc3ccccc23)cc1. The average Bonchev–Trinajstić information content (AvgIpc) is 2.84. The van der Waals surface area contributed by atoms with Gasteiger partial charge in [-0.05, 0) is 49.4 Å². The predicted molar refractivity (Wildman–Crippen MR) is 131 cm³/mol. The van der Waals surface area contributed by atoms with Crippen molar-refractivity contribution in [3.8, 4) is 5.75 Å². The molecule has 0 saturated carbocycles. The summed E-state index contributed by atoms with van der Waals surface area (Å²) in [5, 5.41) is 7.32. The first-order valence-corrected chi connectivity index (χ1v) is 11.4. The Morgan fingerprint density at radius 1 is 0.909 bits per heavy atom. The molecule has 1 heterocycles. The lowest BCUT2D eigenvalue weighted by atomic mass is 10.1. The molecule has 1 aromatic heterocycles. The fraction of sp³-hybridized carbons (Fsp3) is 0.120. The molecule has 0 unspecified atom stereocenters. The van der Waals surface area contributed by atoms with E-state index in [1.165, 1.54) is 18.1 Å². The van der Waals surface area contributed by atoms with Crippen LogP contribution in [0.3, 0.4) is 0 Å². The fourth-order valence-corrected chi connectivity index (χ4v) is 3.99. The molecule has 166 valence electrons. The van der Waals surface area contributed by atoms with Crippen molar-refractivity contribution in [2.45, 2.75) is 11.9 Å². The van der Waals surface area contributed by atoms with Crippen molar-refractivity contribution >= 4 is 45.9 Å². The van der Waals surface area contributed by atoms with Crippen molar-refractivity contribution in [3.05, 3.63) is 84.7 Å². The van der Waals surface area contributed by atoms with Gasteiger partial charge in [0.2, 0.25) is 5.91 Å². The minimum absolute atomic E-state index is 0.149. The van der Waals surface area contributed by atoms with Crippen LogP contribution >= 0.6 is 11.8 Å². The number of rotatable bonds is 8. The monoisotopic (exact) mass is 458 g/mol. The second kappa shape index (κ2) is 10.6. The molecule has 0 spiro atoms. The Hall–Kier alpha value is -3.91. The number of carbonyl (C=O) groups is 2. The number of carbonyl (C=O) groups excluding carboxylic acids is 2. The van der Waals surface area contributed by atoms with E-state index in [1.807, 2.05) is 31.2 Å². The lowest BCUT2D eigenvalue weighted by molar-refractivity contribution is -0.113. The quantitative estimate of drug-likeness (QED) is 0.285. The average molecular weight is 459 g/mol. The number of para-hydroxylation sites is 2. The smallest absolute Gasteiger partial charge is 0.257 e. The third-order valence-corrected chi connectivity index (χ3v) is 5.72. The highest BCUT2D eigenvalue weighted by Gasteiger charge is 2.14. The number of ether oxygens (including phenoxy) is 1. The summed E-state index contributed by atoms with van der Waals surface area (Å²) in [5.41, 5.74) is 2.28. The Bertz CT molecular complexity index is 1270. The molecule has 0 aliphatic carbocycles. The van der Waals surface area contributed by atoms with Gasteiger partial charge in [0.25, 0.3) is 5.91 Å². The summed E-state index contributed by atoms with van der Waals surface area (Å²) < 4.78 is 5.42. The number of aromatic nitrogens is 2. The molecule has 33 heavy (non-hydrogen) atoms. The van der Waals surface area contributed by atoms with Crippen LogP contribution < -0.4 is 15.4 Å². The van der Waals surface area contributed by atoms with Gasteiger partial charge in [-0.2, -0.15) is 0 Å². The van der Waals surface area contributed by atoms with Gasteiger partial charge in [-0.15, -0.1) is 0 Å². The van der Waals surface area contributed by atoms with Gasteiger partial charge in [-0.25, -0.2) is 9.97 Å². The van der Waals surface area contributed by atoms with Crippen molar-refractivity contribution < 1.29 is 14.3 Å². The Kier molecular flexibility index (Phi) is 7.16. The molecule has 0 fully saturated rings. The summed E-state index contributed by atoms with van der Waals surface area (Å²) >= 11 is 1.32. The van der Waals surface area contributed by atoms with E-state index < -0.39 is 0 Å². The van der Waals surface area contributed by atoms with Crippen LogP contribution in [0.2, 0.25) is 0 Å². The van der Waals surface area contributed by atoms with E-state index in [0.29, 0.717) is 23.5 Å². The maximum Gasteiger partial charge on any atom is 0.257 e. The van der Waals surface area contributed by atoms with E-state index in [0.717, 1.165) is 21.7 Å². The predicted octanol–water partition coefficient (Wildman–Crippen LogP) is 5.01. The van der Waals surface area contributed by atoms with Gasteiger partial charge < -0.3 is 15.4 Å². The number of nitrogens with one attached hydrogen (secondary N) is 2. The van der Waals surface area contributed by atoms with Gasteiger partial charge in [0.15, 0.2) is 0 Å². The largest absolute Gasteiger partial charge is 0.494 e. The van der Waals surface area contributed by atoms with Gasteiger partial charge in [0.05, 0.1) is 29.1 Å². The summed E-state index contributed by atoms with van der Waals surface area (Å²) in [5.74, 6) is 0.334. The van der Waals surface area contributed by atoms with Crippen molar-refractivity contribution in [2.24, 2.45) is 0 Å². The zero-order valence-electron chi connectivity index (χ0n) is 17.9. The van der Waals surface area contributed by atoms with Gasteiger partial charge in [-0.3, -0.25) is 9.59 Å². The molecule has 0 atom stereocenters. The number of nitrogens with zero attached hydrogens (tertiary/aromatic N) is 2. The van der Waals surface area contributed by atoms with Crippen molar-refractivity contribution in [1.82, 2.24) is 9.97 Å². The van der Waals surface area contributed by atoms with Crippen LogP contribution in [0.1, 0.15) is 17.3 Å². The van der Waals surface area contributed by atoms with E-state index in [9.17, 15) is 9.59 Å². The number of amides is 2. The number of hydrogen-bond acceptors (Lipinski definition) is 6. The molecule has 4 aromatic rings. The highest BCUT2D eigenvalue weighted by Crippen LogP contribution is 2.25. The van der Waals surface area contributed by atoms with Crippen molar-refractivity contribution in [2.75, 3.05) is 23.0 Å². The lowest BCUT2D eigenvalue weighted by Crippen LogP contribution is -2.19. The molecular weight excluding hydrogens is 436 g/mol. The molecule has 8 heteroatoms. The highest BCUT2D eigenvalue weighted by atomic mass is 32.2. The van der Waals surface area contributed by atoms with Crippen molar-refractivity contribution in [3.63, 3.8) is 0 Å². The number of thioether (sulfide) groups is 1. The van der Waals surface area contributed by atoms with Crippen LogP contribution in [0, 0.1) is 0 Å². The lowest BCUT2D eigenvalue weighted by Gasteiger charge is -2.12. The minimum Gasteiger partial charge on any atom is -0.494 e. The van der Waals surface area contributed by atoms with Gasteiger partial charge >= 0.3 is 0 Å². The summed E-state index contributed by atoms with van der Waals surface area (Å²) in [6.45, 7) is 2.49. The molecule has 4 rings (SSSR count).